The number of para-hydroxylation sites is 1. The van der Waals surface area contributed by atoms with E-state index in [1.807, 2.05) is 60.7 Å². The molecule has 0 spiro atoms. The smallest absolute Gasteiger partial charge is 0.190 e. The van der Waals surface area contributed by atoms with E-state index in [4.69, 9.17) is 11.6 Å². The van der Waals surface area contributed by atoms with Gasteiger partial charge in [-0.2, -0.15) is 0 Å². The topological polar surface area (TPSA) is 42.0 Å². The molecule has 1 aliphatic rings. The molecule has 1 aromatic heterocycles. The first-order valence-electron chi connectivity index (χ1n) is 7.81. The van der Waals surface area contributed by atoms with E-state index in [9.17, 15) is 4.79 Å². The van der Waals surface area contributed by atoms with Crippen LogP contribution in [-0.4, -0.2) is 17.3 Å². The molecule has 0 saturated heterocycles. The lowest BCUT2D eigenvalue weighted by atomic mass is 9.93. The Hall–Kier alpha value is -2.65. The number of Topliss-reactive ketones (excluding diaryl/α,β-unsaturated/α-hetero) is 1. The summed E-state index contributed by atoms with van der Waals surface area (Å²) in [6.45, 7) is 0.612. The van der Waals surface area contributed by atoms with Crippen LogP contribution in [0.2, 0.25) is 5.02 Å². The quantitative estimate of drug-likeness (QED) is 0.700. The fourth-order valence-electron chi connectivity index (χ4n) is 3.11. The molecule has 0 saturated carbocycles. The molecule has 4 rings (SSSR count). The van der Waals surface area contributed by atoms with Crippen LogP contribution in [0.15, 0.2) is 66.9 Å². The first kappa shape index (κ1) is 14.9. The highest BCUT2D eigenvalue weighted by molar-refractivity contribution is 6.30. The van der Waals surface area contributed by atoms with Gasteiger partial charge in [-0.3, -0.25) is 9.78 Å². The van der Waals surface area contributed by atoms with Crippen LogP contribution in [0, 0.1) is 0 Å². The lowest BCUT2D eigenvalue weighted by Crippen LogP contribution is -2.16. The minimum Gasteiger partial charge on any atom is -0.384 e. The molecule has 118 valence electrons. The molecular formula is C20H15ClN2O. The molecule has 3 nitrogen and oxygen atoms in total. The van der Waals surface area contributed by atoms with Crippen LogP contribution in [0.25, 0.3) is 11.1 Å². The monoisotopic (exact) mass is 334 g/mol. The summed E-state index contributed by atoms with van der Waals surface area (Å²) < 4.78 is 0. The number of carbonyl (C=O) groups excluding carboxylic acids is 1. The third kappa shape index (κ3) is 2.68. The number of fused-ring (bicyclic) bond motifs is 1. The molecular weight excluding hydrogens is 320 g/mol. The summed E-state index contributed by atoms with van der Waals surface area (Å²) in [7, 11) is 0. The summed E-state index contributed by atoms with van der Waals surface area (Å²) in [6, 6.07) is 19.3. The molecule has 1 N–H and O–H groups in total. The van der Waals surface area contributed by atoms with Crippen molar-refractivity contribution in [3.05, 3.63) is 83.1 Å². The molecule has 2 aromatic carbocycles. The Balaban J connectivity index is 1.68. The van der Waals surface area contributed by atoms with E-state index >= 15 is 0 Å². The molecule has 0 radical (unpaired) electrons. The van der Waals surface area contributed by atoms with Gasteiger partial charge in [-0.05, 0) is 47.0 Å². The van der Waals surface area contributed by atoms with Gasteiger partial charge in [0, 0.05) is 23.5 Å². The van der Waals surface area contributed by atoms with Gasteiger partial charge in [-0.1, -0.05) is 41.9 Å². The Morgan fingerprint density at radius 3 is 2.75 bits per heavy atom. The average Bonchev–Trinajstić information content (AvgIpc) is 3.05. The Kier molecular flexibility index (Phi) is 3.79. The number of hydrogen-bond acceptors (Lipinski definition) is 3. The normalized spacial score (nSPS) is 15.6. The molecule has 1 aliphatic heterocycles. The molecule has 3 aromatic rings. The predicted octanol–water partition coefficient (Wildman–Crippen LogP) is 4.79. The Morgan fingerprint density at radius 2 is 1.88 bits per heavy atom. The van der Waals surface area contributed by atoms with Crippen LogP contribution in [0.5, 0.6) is 0 Å². The molecule has 1 atom stereocenters. The van der Waals surface area contributed by atoms with E-state index in [1.54, 1.807) is 6.20 Å². The Bertz CT molecular complexity index is 923. The number of nitrogens with zero attached hydrogens (tertiary/aromatic N) is 1. The minimum absolute atomic E-state index is 0.0383. The van der Waals surface area contributed by atoms with Gasteiger partial charge < -0.3 is 5.32 Å². The Morgan fingerprint density at radius 1 is 1.04 bits per heavy atom. The van der Waals surface area contributed by atoms with E-state index in [0.717, 1.165) is 22.4 Å². The van der Waals surface area contributed by atoms with Gasteiger partial charge in [-0.25, -0.2) is 0 Å². The first-order valence-corrected chi connectivity index (χ1v) is 8.19. The van der Waals surface area contributed by atoms with Gasteiger partial charge in [0.2, 0.25) is 0 Å². The molecule has 0 amide bonds. The first-order chi connectivity index (χ1) is 11.7. The standard InChI is InChI=1S/C20H15ClN2O/c21-15-5-3-4-13(10-15)14-8-9-22-19(11-14)20(24)17-12-23-18-7-2-1-6-16(17)18/h1-11,17,23H,12H2. The van der Waals surface area contributed by atoms with Crippen molar-refractivity contribution >= 4 is 23.1 Å². The van der Waals surface area contributed by atoms with E-state index < -0.39 is 0 Å². The molecule has 24 heavy (non-hydrogen) atoms. The number of hydrogen-bond donors (Lipinski definition) is 1. The second kappa shape index (κ2) is 6.10. The second-order valence-electron chi connectivity index (χ2n) is 5.83. The summed E-state index contributed by atoms with van der Waals surface area (Å²) in [5.41, 5.74) is 4.47. The molecule has 2 heterocycles. The maximum absolute atomic E-state index is 12.9. The van der Waals surface area contributed by atoms with Crippen LogP contribution in [0.1, 0.15) is 22.0 Å². The third-order valence-electron chi connectivity index (χ3n) is 4.32. The predicted molar refractivity (Wildman–Crippen MR) is 96.7 cm³/mol. The van der Waals surface area contributed by atoms with E-state index in [1.165, 1.54) is 0 Å². The SMILES string of the molecule is O=C(c1cc(-c2cccc(Cl)c2)ccn1)C1CNc2ccccc21. The van der Waals surface area contributed by atoms with E-state index in [2.05, 4.69) is 10.3 Å². The fourth-order valence-corrected chi connectivity index (χ4v) is 3.30. The van der Waals surface area contributed by atoms with Crippen LogP contribution < -0.4 is 5.32 Å². The number of aromatic nitrogens is 1. The van der Waals surface area contributed by atoms with Gasteiger partial charge in [0.15, 0.2) is 5.78 Å². The zero-order chi connectivity index (χ0) is 16.5. The maximum atomic E-state index is 12.9. The van der Waals surface area contributed by atoms with Gasteiger partial charge >= 0.3 is 0 Å². The van der Waals surface area contributed by atoms with Crippen molar-refractivity contribution in [1.29, 1.82) is 0 Å². The number of rotatable bonds is 3. The van der Waals surface area contributed by atoms with Crippen LogP contribution in [0.3, 0.4) is 0 Å². The Labute approximate surface area is 145 Å². The van der Waals surface area contributed by atoms with Crippen molar-refractivity contribution in [2.24, 2.45) is 0 Å². The highest BCUT2D eigenvalue weighted by atomic mass is 35.5. The molecule has 0 aliphatic carbocycles. The number of pyridine rings is 1. The lowest BCUT2D eigenvalue weighted by molar-refractivity contribution is 0.0961. The summed E-state index contributed by atoms with van der Waals surface area (Å²) in [5.74, 6) is -0.153. The van der Waals surface area contributed by atoms with E-state index in [0.29, 0.717) is 17.3 Å². The third-order valence-corrected chi connectivity index (χ3v) is 4.55. The van der Waals surface area contributed by atoms with Crippen molar-refractivity contribution in [3.8, 4) is 11.1 Å². The summed E-state index contributed by atoms with van der Waals surface area (Å²) in [5, 5.41) is 3.96. The molecule has 4 heteroatoms. The van der Waals surface area contributed by atoms with Crippen molar-refractivity contribution < 1.29 is 4.79 Å². The highest BCUT2D eigenvalue weighted by Crippen LogP contribution is 2.33. The number of ketones is 1. The number of benzene rings is 2. The largest absolute Gasteiger partial charge is 0.384 e. The molecule has 1 unspecified atom stereocenters. The van der Waals surface area contributed by atoms with E-state index in [-0.39, 0.29) is 11.7 Å². The lowest BCUT2D eigenvalue weighted by Gasteiger charge is -2.10. The van der Waals surface area contributed by atoms with Crippen molar-refractivity contribution in [2.45, 2.75) is 5.92 Å². The zero-order valence-electron chi connectivity index (χ0n) is 12.9. The average molecular weight is 335 g/mol. The van der Waals surface area contributed by atoms with Crippen LogP contribution in [0.4, 0.5) is 5.69 Å². The molecule has 0 bridgehead atoms. The van der Waals surface area contributed by atoms with Gasteiger partial charge in [0.1, 0.15) is 5.69 Å². The van der Waals surface area contributed by atoms with Gasteiger partial charge in [0.05, 0.1) is 5.92 Å². The second-order valence-corrected chi connectivity index (χ2v) is 6.26. The van der Waals surface area contributed by atoms with Crippen LogP contribution in [-0.2, 0) is 0 Å². The summed E-state index contributed by atoms with van der Waals surface area (Å²) in [4.78, 5) is 17.2. The number of anilines is 1. The highest BCUT2D eigenvalue weighted by Gasteiger charge is 2.29. The fraction of sp³-hybridized carbons (Fsp3) is 0.100. The summed E-state index contributed by atoms with van der Waals surface area (Å²) >= 11 is 6.07. The molecule has 0 fully saturated rings. The van der Waals surface area contributed by atoms with Crippen molar-refractivity contribution in [1.82, 2.24) is 4.98 Å². The summed E-state index contributed by atoms with van der Waals surface area (Å²) in [6.07, 6.45) is 1.68. The maximum Gasteiger partial charge on any atom is 0.190 e. The van der Waals surface area contributed by atoms with Crippen LogP contribution >= 0.6 is 11.6 Å². The van der Waals surface area contributed by atoms with Crippen molar-refractivity contribution in [3.63, 3.8) is 0 Å². The number of nitrogens with one attached hydrogen (secondary N) is 1. The van der Waals surface area contributed by atoms with Gasteiger partial charge in [-0.15, -0.1) is 0 Å². The number of halogens is 1. The van der Waals surface area contributed by atoms with Gasteiger partial charge in [0.25, 0.3) is 0 Å². The number of carbonyl (C=O) groups is 1. The minimum atomic E-state index is -0.191. The van der Waals surface area contributed by atoms with Crippen molar-refractivity contribution in [2.75, 3.05) is 11.9 Å². The zero-order valence-corrected chi connectivity index (χ0v) is 13.6.